The molecule has 1 aromatic heterocycles. The summed E-state index contributed by atoms with van der Waals surface area (Å²) in [5.41, 5.74) is 2.35. The van der Waals surface area contributed by atoms with Crippen molar-refractivity contribution >= 4 is 5.91 Å². The molecule has 1 saturated heterocycles. The van der Waals surface area contributed by atoms with E-state index < -0.39 is 0 Å². The normalized spacial score (nSPS) is 23.1. The van der Waals surface area contributed by atoms with Gasteiger partial charge in [-0.05, 0) is 12.8 Å². The fourth-order valence-electron chi connectivity index (χ4n) is 3.47. The highest BCUT2D eigenvalue weighted by Gasteiger charge is 2.34. The maximum Gasteiger partial charge on any atom is 0.226 e. The number of carbonyl (C=O) groups is 1. The number of methoxy groups -OCH3 is 1. The first-order chi connectivity index (χ1) is 10.2. The van der Waals surface area contributed by atoms with Crippen molar-refractivity contribution < 1.29 is 14.3 Å². The summed E-state index contributed by atoms with van der Waals surface area (Å²) in [5.74, 6) is 0.573. The molecule has 0 saturated carbocycles. The molecule has 0 bridgehead atoms. The first kappa shape index (κ1) is 14.5. The van der Waals surface area contributed by atoms with Crippen LogP contribution in [0.5, 0.6) is 0 Å². The van der Waals surface area contributed by atoms with Gasteiger partial charge in [0.1, 0.15) is 0 Å². The van der Waals surface area contributed by atoms with E-state index in [9.17, 15) is 4.79 Å². The summed E-state index contributed by atoms with van der Waals surface area (Å²) >= 11 is 0. The summed E-state index contributed by atoms with van der Waals surface area (Å²) in [6.45, 7) is 3.40. The van der Waals surface area contributed by atoms with E-state index in [1.165, 1.54) is 5.69 Å². The maximum atomic E-state index is 12.7. The van der Waals surface area contributed by atoms with Crippen LogP contribution in [0.3, 0.4) is 0 Å². The third kappa shape index (κ3) is 2.82. The van der Waals surface area contributed by atoms with Crippen molar-refractivity contribution in [2.75, 3.05) is 33.5 Å². The van der Waals surface area contributed by atoms with Crippen molar-refractivity contribution in [3.05, 3.63) is 17.5 Å². The highest BCUT2D eigenvalue weighted by Crippen LogP contribution is 2.30. The van der Waals surface area contributed by atoms with Gasteiger partial charge in [-0.25, -0.2) is 0 Å². The SMILES string of the molecule is COC[C@@H]1CN(C(=O)C2CCOCC2)Cc2cnn(C)c21. The van der Waals surface area contributed by atoms with Crippen LogP contribution >= 0.6 is 0 Å². The molecule has 0 spiro atoms. The summed E-state index contributed by atoms with van der Waals surface area (Å²) in [6, 6.07) is 0. The van der Waals surface area contributed by atoms with Crippen LogP contribution in [0.15, 0.2) is 6.20 Å². The zero-order valence-electron chi connectivity index (χ0n) is 12.7. The summed E-state index contributed by atoms with van der Waals surface area (Å²) in [5, 5.41) is 4.34. The molecule has 6 heteroatoms. The van der Waals surface area contributed by atoms with E-state index in [0.717, 1.165) is 24.9 Å². The van der Waals surface area contributed by atoms with Gasteiger partial charge in [-0.15, -0.1) is 0 Å². The molecule has 0 radical (unpaired) electrons. The minimum atomic E-state index is 0.111. The van der Waals surface area contributed by atoms with Gasteiger partial charge in [0.2, 0.25) is 5.91 Å². The second-order valence-corrected chi connectivity index (χ2v) is 5.94. The lowest BCUT2D eigenvalue weighted by Gasteiger charge is -2.35. The number of aryl methyl sites for hydroxylation is 1. The van der Waals surface area contributed by atoms with Crippen LogP contribution in [-0.2, 0) is 27.9 Å². The van der Waals surface area contributed by atoms with Crippen LogP contribution in [0.4, 0.5) is 0 Å². The molecule has 0 aliphatic carbocycles. The number of nitrogens with zero attached hydrogens (tertiary/aromatic N) is 3. The lowest BCUT2D eigenvalue weighted by atomic mass is 9.93. The van der Waals surface area contributed by atoms with Crippen LogP contribution < -0.4 is 0 Å². The quantitative estimate of drug-likeness (QED) is 0.831. The number of amides is 1. The Balaban J connectivity index is 1.77. The van der Waals surface area contributed by atoms with E-state index in [2.05, 4.69) is 5.10 Å². The monoisotopic (exact) mass is 293 g/mol. The summed E-state index contributed by atoms with van der Waals surface area (Å²) in [7, 11) is 3.66. The molecule has 3 heterocycles. The lowest BCUT2D eigenvalue weighted by Crippen LogP contribution is -2.43. The molecular weight excluding hydrogens is 270 g/mol. The molecule has 1 amide bonds. The minimum absolute atomic E-state index is 0.111. The maximum absolute atomic E-state index is 12.7. The predicted octanol–water partition coefficient (Wildman–Crippen LogP) is 0.919. The second-order valence-electron chi connectivity index (χ2n) is 5.94. The Kier molecular flexibility index (Phi) is 4.26. The van der Waals surface area contributed by atoms with Crippen LogP contribution in [0.1, 0.15) is 30.0 Å². The summed E-state index contributed by atoms with van der Waals surface area (Å²) in [4.78, 5) is 14.7. The van der Waals surface area contributed by atoms with Crippen molar-refractivity contribution in [3.8, 4) is 0 Å². The zero-order chi connectivity index (χ0) is 14.8. The molecular formula is C15H23N3O3. The Bertz CT molecular complexity index is 508. The average molecular weight is 293 g/mol. The summed E-state index contributed by atoms with van der Waals surface area (Å²) < 4.78 is 12.6. The standard InChI is InChI=1S/C15H23N3O3/c1-17-14-12(7-16-17)8-18(9-13(14)10-20-2)15(19)11-3-5-21-6-4-11/h7,11,13H,3-6,8-10H2,1-2H3/t13-/m0/s1. The Morgan fingerprint density at radius 1 is 1.48 bits per heavy atom. The van der Waals surface area contributed by atoms with Gasteiger partial charge in [0.25, 0.3) is 0 Å². The smallest absolute Gasteiger partial charge is 0.226 e. The molecule has 1 fully saturated rings. The Morgan fingerprint density at radius 3 is 2.95 bits per heavy atom. The third-order valence-corrected chi connectivity index (χ3v) is 4.50. The Morgan fingerprint density at radius 2 is 2.24 bits per heavy atom. The molecule has 21 heavy (non-hydrogen) atoms. The van der Waals surface area contributed by atoms with Gasteiger partial charge >= 0.3 is 0 Å². The molecule has 3 rings (SSSR count). The molecule has 2 aliphatic heterocycles. The number of ether oxygens (including phenoxy) is 2. The average Bonchev–Trinajstić information content (AvgIpc) is 2.89. The molecule has 6 nitrogen and oxygen atoms in total. The van der Waals surface area contributed by atoms with Crippen molar-refractivity contribution in [1.29, 1.82) is 0 Å². The zero-order valence-corrected chi connectivity index (χ0v) is 12.7. The number of hydrogen-bond acceptors (Lipinski definition) is 4. The molecule has 116 valence electrons. The highest BCUT2D eigenvalue weighted by atomic mass is 16.5. The number of hydrogen-bond donors (Lipinski definition) is 0. The van der Waals surface area contributed by atoms with Crippen LogP contribution in [0.2, 0.25) is 0 Å². The van der Waals surface area contributed by atoms with E-state index in [1.807, 2.05) is 22.8 Å². The van der Waals surface area contributed by atoms with E-state index in [1.54, 1.807) is 7.11 Å². The van der Waals surface area contributed by atoms with Gasteiger partial charge < -0.3 is 14.4 Å². The van der Waals surface area contributed by atoms with Gasteiger partial charge in [0.15, 0.2) is 0 Å². The largest absolute Gasteiger partial charge is 0.384 e. The number of carbonyl (C=O) groups excluding carboxylic acids is 1. The van der Waals surface area contributed by atoms with Crippen LogP contribution in [-0.4, -0.2) is 54.1 Å². The Hall–Kier alpha value is -1.40. The van der Waals surface area contributed by atoms with Gasteiger partial charge in [-0.3, -0.25) is 9.48 Å². The topological polar surface area (TPSA) is 56.6 Å². The lowest BCUT2D eigenvalue weighted by molar-refractivity contribution is -0.140. The van der Waals surface area contributed by atoms with Crippen molar-refractivity contribution in [1.82, 2.24) is 14.7 Å². The number of aromatic nitrogens is 2. The van der Waals surface area contributed by atoms with E-state index in [0.29, 0.717) is 26.4 Å². The molecule has 0 N–H and O–H groups in total. The second kappa shape index (κ2) is 6.15. The van der Waals surface area contributed by atoms with Gasteiger partial charge in [-0.1, -0.05) is 0 Å². The van der Waals surface area contributed by atoms with Gasteiger partial charge in [0, 0.05) is 57.9 Å². The first-order valence-corrected chi connectivity index (χ1v) is 7.57. The van der Waals surface area contributed by atoms with Gasteiger partial charge in [-0.2, -0.15) is 5.10 Å². The molecule has 2 aliphatic rings. The Labute approximate surface area is 125 Å². The van der Waals surface area contributed by atoms with Crippen LogP contribution in [0.25, 0.3) is 0 Å². The van der Waals surface area contributed by atoms with Crippen molar-refractivity contribution in [2.24, 2.45) is 13.0 Å². The van der Waals surface area contributed by atoms with Gasteiger partial charge in [0.05, 0.1) is 18.5 Å². The van der Waals surface area contributed by atoms with E-state index in [-0.39, 0.29) is 17.7 Å². The van der Waals surface area contributed by atoms with Crippen molar-refractivity contribution in [3.63, 3.8) is 0 Å². The van der Waals surface area contributed by atoms with Crippen LogP contribution in [0, 0.1) is 5.92 Å². The number of fused-ring (bicyclic) bond motifs is 1. The molecule has 1 aromatic rings. The van der Waals surface area contributed by atoms with E-state index >= 15 is 0 Å². The van der Waals surface area contributed by atoms with E-state index in [4.69, 9.17) is 9.47 Å². The third-order valence-electron chi connectivity index (χ3n) is 4.50. The minimum Gasteiger partial charge on any atom is -0.384 e. The fourth-order valence-corrected chi connectivity index (χ4v) is 3.47. The first-order valence-electron chi connectivity index (χ1n) is 7.57. The molecule has 0 aromatic carbocycles. The highest BCUT2D eigenvalue weighted by molar-refractivity contribution is 5.79. The predicted molar refractivity (Wildman–Crippen MR) is 76.8 cm³/mol. The molecule has 0 unspecified atom stereocenters. The van der Waals surface area contributed by atoms with Crippen molar-refractivity contribution in [2.45, 2.75) is 25.3 Å². The molecule has 1 atom stereocenters. The fraction of sp³-hybridized carbons (Fsp3) is 0.733. The number of rotatable bonds is 3. The summed E-state index contributed by atoms with van der Waals surface area (Å²) in [6.07, 6.45) is 3.55.